The van der Waals surface area contributed by atoms with Gasteiger partial charge < -0.3 is 14.4 Å². The van der Waals surface area contributed by atoms with Crippen LogP contribution in [0.5, 0.6) is 10.9 Å². The Balaban J connectivity index is 1.38. The van der Waals surface area contributed by atoms with Crippen molar-refractivity contribution in [2.75, 3.05) is 20.2 Å². The molecule has 1 amide bonds. The molecule has 0 atom stereocenters. The Labute approximate surface area is 166 Å². The molecule has 2 heterocycles. The van der Waals surface area contributed by atoms with Gasteiger partial charge in [-0.15, -0.1) is 0 Å². The number of methoxy groups -OCH3 is 1. The molecule has 0 unspecified atom stereocenters. The average molecular weight is 403 g/mol. The van der Waals surface area contributed by atoms with E-state index in [2.05, 4.69) is 4.98 Å². The third kappa shape index (κ3) is 3.87. The van der Waals surface area contributed by atoms with Crippen molar-refractivity contribution >= 4 is 39.1 Å². The molecule has 1 fully saturated rings. The summed E-state index contributed by atoms with van der Waals surface area (Å²) < 4.78 is 12.3. The predicted octanol–water partition coefficient (Wildman–Crippen LogP) is 4.64. The molecule has 0 bridgehead atoms. The van der Waals surface area contributed by atoms with E-state index in [-0.39, 0.29) is 12.0 Å². The van der Waals surface area contributed by atoms with Crippen LogP contribution in [-0.2, 0) is 0 Å². The first-order valence-corrected chi connectivity index (χ1v) is 9.98. The summed E-state index contributed by atoms with van der Waals surface area (Å²) in [7, 11) is 1.60. The van der Waals surface area contributed by atoms with E-state index in [4.69, 9.17) is 21.1 Å². The maximum absolute atomic E-state index is 12.7. The molecule has 7 heteroatoms. The Kier molecular flexibility index (Phi) is 5.18. The normalized spacial score (nSPS) is 15.1. The summed E-state index contributed by atoms with van der Waals surface area (Å²) in [6.07, 6.45) is 1.61. The number of nitrogens with zero attached hydrogens (tertiary/aromatic N) is 2. The number of carbonyl (C=O) groups excluding carboxylic acids is 1. The van der Waals surface area contributed by atoms with Crippen molar-refractivity contribution in [3.63, 3.8) is 0 Å². The van der Waals surface area contributed by atoms with Crippen LogP contribution in [0.2, 0.25) is 5.02 Å². The number of para-hydroxylation sites is 1. The summed E-state index contributed by atoms with van der Waals surface area (Å²) >= 11 is 7.68. The summed E-state index contributed by atoms with van der Waals surface area (Å²) in [5.74, 6) is 0.715. The number of amides is 1. The fourth-order valence-electron chi connectivity index (χ4n) is 3.20. The van der Waals surface area contributed by atoms with Crippen molar-refractivity contribution in [2.45, 2.75) is 18.9 Å². The van der Waals surface area contributed by atoms with Crippen molar-refractivity contribution in [3.8, 4) is 10.9 Å². The molecule has 5 nitrogen and oxygen atoms in total. The van der Waals surface area contributed by atoms with Crippen LogP contribution in [0.15, 0.2) is 42.5 Å². The van der Waals surface area contributed by atoms with E-state index < -0.39 is 0 Å². The number of likely N-dealkylation sites (tertiary alicyclic amines) is 1. The standard InChI is InChI=1S/C20H19ClN2O3S/c1-25-15-5-2-4-13(12-15)19(24)23-10-8-14(9-11-23)26-20-22-18-16(21)6-3-7-17(18)27-20/h2-7,12,14H,8-11H2,1H3. The van der Waals surface area contributed by atoms with Gasteiger partial charge in [0.05, 0.1) is 16.8 Å². The highest BCUT2D eigenvalue weighted by molar-refractivity contribution is 7.20. The van der Waals surface area contributed by atoms with Gasteiger partial charge in [-0.25, -0.2) is 4.98 Å². The van der Waals surface area contributed by atoms with E-state index in [0.29, 0.717) is 34.6 Å². The van der Waals surface area contributed by atoms with Crippen LogP contribution >= 0.6 is 22.9 Å². The number of ether oxygens (including phenoxy) is 2. The monoisotopic (exact) mass is 402 g/mol. The number of aromatic nitrogens is 1. The van der Waals surface area contributed by atoms with Crippen molar-refractivity contribution in [1.82, 2.24) is 9.88 Å². The van der Waals surface area contributed by atoms with Crippen LogP contribution in [-0.4, -0.2) is 42.1 Å². The van der Waals surface area contributed by atoms with E-state index in [1.54, 1.807) is 13.2 Å². The zero-order valence-electron chi connectivity index (χ0n) is 14.9. The fourth-order valence-corrected chi connectivity index (χ4v) is 4.38. The highest BCUT2D eigenvalue weighted by Gasteiger charge is 2.25. The van der Waals surface area contributed by atoms with Gasteiger partial charge in [0.1, 0.15) is 17.4 Å². The van der Waals surface area contributed by atoms with E-state index in [1.165, 1.54) is 11.3 Å². The number of thiazole rings is 1. The highest BCUT2D eigenvalue weighted by atomic mass is 35.5. The Hall–Kier alpha value is -2.31. The van der Waals surface area contributed by atoms with Crippen molar-refractivity contribution in [2.24, 2.45) is 0 Å². The Morgan fingerprint density at radius 3 is 2.74 bits per heavy atom. The van der Waals surface area contributed by atoms with Crippen LogP contribution in [0.25, 0.3) is 10.2 Å². The minimum atomic E-state index is 0.0270. The zero-order valence-corrected chi connectivity index (χ0v) is 16.4. The van der Waals surface area contributed by atoms with Gasteiger partial charge in [0.2, 0.25) is 0 Å². The molecule has 0 N–H and O–H groups in total. The lowest BCUT2D eigenvalue weighted by molar-refractivity contribution is 0.0595. The minimum absolute atomic E-state index is 0.0270. The maximum Gasteiger partial charge on any atom is 0.274 e. The summed E-state index contributed by atoms with van der Waals surface area (Å²) in [5, 5.41) is 1.27. The molecule has 1 aliphatic rings. The van der Waals surface area contributed by atoms with Crippen LogP contribution in [0.4, 0.5) is 0 Å². The quantitative estimate of drug-likeness (QED) is 0.637. The SMILES string of the molecule is COc1cccc(C(=O)N2CCC(Oc3nc4c(Cl)cccc4s3)CC2)c1. The fraction of sp³-hybridized carbons (Fsp3) is 0.300. The number of carbonyl (C=O) groups is 1. The number of rotatable bonds is 4. The number of benzene rings is 2. The van der Waals surface area contributed by atoms with E-state index >= 15 is 0 Å². The Bertz CT molecular complexity index is 967. The van der Waals surface area contributed by atoms with Crippen molar-refractivity contribution in [3.05, 3.63) is 53.1 Å². The lowest BCUT2D eigenvalue weighted by Crippen LogP contribution is -2.41. The van der Waals surface area contributed by atoms with Gasteiger partial charge in [0.25, 0.3) is 11.1 Å². The highest BCUT2D eigenvalue weighted by Crippen LogP contribution is 2.33. The topological polar surface area (TPSA) is 51.7 Å². The van der Waals surface area contributed by atoms with Crippen molar-refractivity contribution in [1.29, 1.82) is 0 Å². The molecular formula is C20H19ClN2O3S. The first-order valence-electron chi connectivity index (χ1n) is 8.79. The molecule has 0 aliphatic carbocycles. The molecular weight excluding hydrogens is 384 g/mol. The van der Waals surface area contributed by atoms with Crippen LogP contribution in [0, 0.1) is 0 Å². The molecule has 0 radical (unpaired) electrons. The van der Waals surface area contributed by atoms with E-state index in [1.807, 2.05) is 41.3 Å². The Morgan fingerprint density at radius 1 is 1.22 bits per heavy atom. The van der Waals surface area contributed by atoms with E-state index in [0.717, 1.165) is 23.1 Å². The second-order valence-electron chi connectivity index (χ2n) is 6.41. The van der Waals surface area contributed by atoms with Crippen LogP contribution in [0.1, 0.15) is 23.2 Å². The lowest BCUT2D eigenvalue weighted by Gasteiger charge is -2.31. The summed E-state index contributed by atoms with van der Waals surface area (Å²) in [6, 6.07) is 13.0. The van der Waals surface area contributed by atoms with Gasteiger partial charge in [0, 0.05) is 31.5 Å². The molecule has 1 saturated heterocycles. The molecule has 4 rings (SSSR count). The van der Waals surface area contributed by atoms with Gasteiger partial charge in [-0.05, 0) is 30.3 Å². The average Bonchev–Trinajstić information content (AvgIpc) is 3.12. The minimum Gasteiger partial charge on any atom is -0.497 e. The van der Waals surface area contributed by atoms with Crippen LogP contribution < -0.4 is 9.47 Å². The smallest absolute Gasteiger partial charge is 0.274 e. The maximum atomic E-state index is 12.7. The predicted molar refractivity (Wildman–Crippen MR) is 107 cm³/mol. The van der Waals surface area contributed by atoms with Crippen molar-refractivity contribution < 1.29 is 14.3 Å². The van der Waals surface area contributed by atoms with E-state index in [9.17, 15) is 4.79 Å². The first-order chi connectivity index (χ1) is 13.1. The van der Waals surface area contributed by atoms with Gasteiger partial charge >= 0.3 is 0 Å². The summed E-state index contributed by atoms with van der Waals surface area (Å²) in [4.78, 5) is 19.1. The molecule has 1 aromatic heterocycles. The second-order valence-corrected chi connectivity index (χ2v) is 7.81. The third-order valence-corrected chi connectivity index (χ3v) is 5.88. The first kappa shape index (κ1) is 18.1. The number of hydrogen-bond acceptors (Lipinski definition) is 5. The Morgan fingerprint density at radius 2 is 2.00 bits per heavy atom. The molecule has 27 heavy (non-hydrogen) atoms. The lowest BCUT2D eigenvalue weighted by atomic mass is 10.1. The zero-order chi connectivity index (χ0) is 18.8. The number of fused-ring (bicyclic) bond motifs is 1. The molecule has 2 aromatic carbocycles. The van der Waals surface area contributed by atoms with Gasteiger partial charge in [-0.1, -0.05) is 35.1 Å². The third-order valence-electron chi connectivity index (χ3n) is 4.66. The van der Waals surface area contributed by atoms with Gasteiger partial charge in [-0.2, -0.15) is 0 Å². The van der Waals surface area contributed by atoms with Gasteiger partial charge in [-0.3, -0.25) is 4.79 Å². The number of piperidine rings is 1. The summed E-state index contributed by atoms with van der Waals surface area (Å²) in [6.45, 7) is 1.32. The molecule has 140 valence electrons. The van der Waals surface area contributed by atoms with Gasteiger partial charge in [0.15, 0.2) is 0 Å². The van der Waals surface area contributed by atoms with Crippen LogP contribution in [0.3, 0.4) is 0 Å². The number of hydrogen-bond donors (Lipinski definition) is 0. The molecule has 1 aliphatic heterocycles. The number of halogens is 1. The molecule has 0 saturated carbocycles. The molecule has 0 spiro atoms. The second kappa shape index (κ2) is 7.74. The largest absolute Gasteiger partial charge is 0.497 e. The summed E-state index contributed by atoms with van der Waals surface area (Å²) in [5.41, 5.74) is 1.43. The molecule has 3 aromatic rings.